The SMILES string of the molecule is Cn1cc(C2=C(c3cn(C)c4c(N)cccc34)C(=O)NC2=O)c2ccccc21. The molecule has 1 aliphatic heterocycles. The summed E-state index contributed by atoms with van der Waals surface area (Å²) in [7, 11) is 3.81. The standard InChI is InChI=1S/C22H18N4O2/c1-25-10-14(12-6-3-4-9-17(12)25)18-19(22(28)24-21(18)27)15-11-26(2)20-13(15)7-5-8-16(20)23/h3-11H,23H2,1-2H3,(H,24,27,28). The molecule has 0 spiro atoms. The Balaban J connectivity index is 1.89. The van der Waals surface area contributed by atoms with Gasteiger partial charge in [-0.3, -0.25) is 14.9 Å². The average Bonchev–Trinajstić information content (AvgIpc) is 3.27. The molecule has 2 aromatic heterocycles. The number of rotatable bonds is 2. The highest BCUT2D eigenvalue weighted by molar-refractivity contribution is 6.50. The number of carbonyl (C=O) groups is 2. The molecule has 0 aliphatic carbocycles. The molecule has 3 heterocycles. The largest absolute Gasteiger partial charge is 0.397 e. The molecule has 138 valence electrons. The summed E-state index contributed by atoms with van der Waals surface area (Å²) in [6, 6.07) is 13.4. The van der Waals surface area contributed by atoms with Gasteiger partial charge in [-0.1, -0.05) is 30.3 Å². The van der Waals surface area contributed by atoms with E-state index in [4.69, 9.17) is 5.73 Å². The van der Waals surface area contributed by atoms with Gasteiger partial charge >= 0.3 is 0 Å². The Bertz CT molecular complexity index is 1350. The van der Waals surface area contributed by atoms with E-state index in [2.05, 4.69) is 5.32 Å². The second-order valence-corrected chi connectivity index (χ2v) is 7.10. The predicted molar refractivity (Wildman–Crippen MR) is 110 cm³/mol. The molecule has 4 aromatic rings. The fourth-order valence-electron chi connectivity index (χ4n) is 4.21. The van der Waals surface area contributed by atoms with Gasteiger partial charge in [0.1, 0.15) is 0 Å². The number of hydrogen-bond acceptors (Lipinski definition) is 3. The van der Waals surface area contributed by atoms with Gasteiger partial charge in [0.25, 0.3) is 11.8 Å². The Morgan fingerprint density at radius 1 is 0.786 bits per heavy atom. The molecular weight excluding hydrogens is 352 g/mol. The third-order valence-corrected chi connectivity index (χ3v) is 5.40. The summed E-state index contributed by atoms with van der Waals surface area (Å²) in [5.41, 5.74) is 10.9. The number of nitrogens with one attached hydrogen (secondary N) is 1. The number of nitrogens with zero attached hydrogens (tertiary/aromatic N) is 2. The van der Waals surface area contributed by atoms with Crippen molar-refractivity contribution in [3.05, 3.63) is 66.0 Å². The number of fused-ring (bicyclic) bond motifs is 2. The monoisotopic (exact) mass is 370 g/mol. The van der Waals surface area contributed by atoms with Crippen LogP contribution in [-0.4, -0.2) is 20.9 Å². The van der Waals surface area contributed by atoms with Gasteiger partial charge in [-0.2, -0.15) is 0 Å². The molecule has 0 unspecified atom stereocenters. The minimum Gasteiger partial charge on any atom is -0.397 e. The van der Waals surface area contributed by atoms with Gasteiger partial charge in [-0.25, -0.2) is 0 Å². The van der Waals surface area contributed by atoms with E-state index in [0.29, 0.717) is 22.4 Å². The second kappa shape index (κ2) is 5.60. The summed E-state index contributed by atoms with van der Waals surface area (Å²) in [6.45, 7) is 0. The highest BCUT2D eigenvalue weighted by Crippen LogP contribution is 2.39. The van der Waals surface area contributed by atoms with Crippen molar-refractivity contribution < 1.29 is 9.59 Å². The number of hydrogen-bond donors (Lipinski definition) is 2. The van der Waals surface area contributed by atoms with Gasteiger partial charge in [0.15, 0.2) is 0 Å². The normalized spacial score (nSPS) is 14.5. The first-order valence-corrected chi connectivity index (χ1v) is 8.95. The molecule has 0 fully saturated rings. The maximum absolute atomic E-state index is 12.8. The van der Waals surface area contributed by atoms with Crippen LogP contribution in [0.4, 0.5) is 5.69 Å². The smallest absolute Gasteiger partial charge is 0.259 e. The van der Waals surface area contributed by atoms with Gasteiger partial charge < -0.3 is 14.9 Å². The summed E-state index contributed by atoms with van der Waals surface area (Å²) in [5.74, 6) is -0.764. The molecule has 0 radical (unpaired) electrons. The Labute approximate surface area is 160 Å². The molecule has 2 aromatic carbocycles. The Morgan fingerprint density at radius 2 is 1.39 bits per heavy atom. The maximum atomic E-state index is 12.8. The Morgan fingerprint density at radius 3 is 2.14 bits per heavy atom. The first kappa shape index (κ1) is 16.4. The number of para-hydroxylation sites is 2. The van der Waals surface area contributed by atoms with E-state index in [9.17, 15) is 9.59 Å². The molecule has 28 heavy (non-hydrogen) atoms. The van der Waals surface area contributed by atoms with E-state index < -0.39 is 0 Å². The van der Waals surface area contributed by atoms with Crippen molar-refractivity contribution in [1.82, 2.24) is 14.5 Å². The molecule has 0 saturated carbocycles. The predicted octanol–water partition coefficient (Wildman–Crippen LogP) is 2.82. The minimum absolute atomic E-state index is 0.378. The number of amides is 2. The van der Waals surface area contributed by atoms with Crippen molar-refractivity contribution in [2.75, 3.05) is 5.73 Å². The number of carbonyl (C=O) groups excluding carboxylic acids is 2. The maximum Gasteiger partial charge on any atom is 0.259 e. The average molecular weight is 370 g/mol. The number of aryl methyl sites for hydroxylation is 2. The third kappa shape index (κ3) is 2.08. The van der Waals surface area contributed by atoms with E-state index >= 15 is 0 Å². The van der Waals surface area contributed by atoms with Crippen molar-refractivity contribution in [3.63, 3.8) is 0 Å². The molecule has 1 aliphatic rings. The van der Waals surface area contributed by atoms with Crippen LogP contribution < -0.4 is 11.1 Å². The molecular formula is C22H18N4O2. The Hall–Kier alpha value is -3.80. The number of nitrogen functional groups attached to an aromatic ring is 1. The van der Waals surface area contributed by atoms with Crippen LogP contribution in [0.1, 0.15) is 11.1 Å². The molecule has 0 bridgehead atoms. The molecule has 0 saturated heterocycles. The van der Waals surface area contributed by atoms with E-state index in [1.807, 2.05) is 78.1 Å². The van der Waals surface area contributed by atoms with Gasteiger partial charge in [-0.15, -0.1) is 0 Å². The zero-order valence-corrected chi connectivity index (χ0v) is 15.5. The molecule has 5 rings (SSSR count). The minimum atomic E-state index is -0.386. The fourth-order valence-corrected chi connectivity index (χ4v) is 4.21. The van der Waals surface area contributed by atoms with Crippen LogP contribution in [0.3, 0.4) is 0 Å². The molecule has 3 N–H and O–H groups in total. The summed E-state index contributed by atoms with van der Waals surface area (Å²) in [5, 5.41) is 4.25. The number of nitrogens with two attached hydrogens (primary N) is 1. The van der Waals surface area contributed by atoms with E-state index in [1.54, 1.807) is 0 Å². The lowest BCUT2D eigenvalue weighted by Crippen LogP contribution is -2.22. The molecule has 6 nitrogen and oxygen atoms in total. The van der Waals surface area contributed by atoms with E-state index in [-0.39, 0.29) is 11.8 Å². The molecule has 6 heteroatoms. The second-order valence-electron chi connectivity index (χ2n) is 7.10. The number of benzene rings is 2. The lowest BCUT2D eigenvalue weighted by atomic mass is 9.95. The van der Waals surface area contributed by atoms with Crippen LogP contribution in [0, 0.1) is 0 Å². The van der Waals surface area contributed by atoms with Crippen molar-refractivity contribution in [3.8, 4) is 0 Å². The summed E-state index contributed by atoms with van der Waals surface area (Å²) < 4.78 is 3.86. The highest BCUT2D eigenvalue weighted by atomic mass is 16.2. The van der Waals surface area contributed by atoms with Crippen LogP contribution in [-0.2, 0) is 23.7 Å². The molecule has 2 amide bonds. The van der Waals surface area contributed by atoms with Gasteiger partial charge in [-0.05, 0) is 12.1 Å². The quantitative estimate of drug-likeness (QED) is 0.420. The van der Waals surface area contributed by atoms with E-state index in [1.165, 1.54) is 0 Å². The van der Waals surface area contributed by atoms with Crippen LogP contribution in [0.15, 0.2) is 54.9 Å². The summed E-state index contributed by atoms with van der Waals surface area (Å²) in [4.78, 5) is 25.6. The first-order valence-electron chi connectivity index (χ1n) is 8.95. The first-order chi connectivity index (χ1) is 13.5. The van der Waals surface area contributed by atoms with E-state index in [0.717, 1.165) is 27.4 Å². The number of imide groups is 1. The van der Waals surface area contributed by atoms with Gasteiger partial charge in [0.2, 0.25) is 0 Å². The summed E-state index contributed by atoms with van der Waals surface area (Å²) >= 11 is 0. The fraction of sp³-hybridized carbons (Fsp3) is 0.0909. The van der Waals surface area contributed by atoms with Crippen molar-refractivity contribution in [2.24, 2.45) is 14.1 Å². The van der Waals surface area contributed by atoms with Crippen LogP contribution in [0.2, 0.25) is 0 Å². The zero-order chi connectivity index (χ0) is 19.6. The van der Waals surface area contributed by atoms with Crippen LogP contribution in [0.25, 0.3) is 33.0 Å². The number of aromatic nitrogens is 2. The lowest BCUT2D eigenvalue weighted by molar-refractivity contribution is -0.122. The van der Waals surface area contributed by atoms with Gasteiger partial charge in [0, 0.05) is 53.9 Å². The lowest BCUT2D eigenvalue weighted by Gasteiger charge is -2.03. The number of anilines is 1. The van der Waals surface area contributed by atoms with Crippen LogP contribution in [0.5, 0.6) is 0 Å². The van der Waals surface area contributed by atoms with Crippen molar-refractivity contribution in [2.45, 2.75) is 0 Å². The third-order valence-electron chi connectivity index (χ3n) is 5.40. The van der Waals surface area contributed by atoms with Crippen molar-refractivity contribution in [1.29, 1.82) is 0 Å². The zero-order valence-electron chi connectivity index (χ0n) is 15.5. The summed E-state index contributed by atoms with van der Waals surface area (Å²) in [6.07, 6.45) is 3.76. The van der Waals surface area contributed by atoms with Crippen molar-refractivity contribution >= 4 is 50.5 Å². The van der Waals surface area contributed by atoms with Crippen LogP contribution >= 0.6 is 0 Å². The highest BCUT2D eigenvalue weighted by Gasteiger charge is 2.35. The topological polar surface area (TPSA) is 82.0 Å². The molecule has 0 atom stereocenters. The Kier molecular flexibility index (Phi) is 3.27. The van der Waals surface area contributed by atoms with Gasteiger partial charge in [0.05, 0.1) is 22.4 Å².